The van der Waals surface area contributed by atoms with Crippen molar-refractivity contribution in [2.45, 2.75) is 25.9 Å². The number of nitrogens with zero attached hydrogens (tertiary/aromatic N) is 2. The standard InChI is InChI=1S/C32H32FN3O2/c1-23-13-15-25(16-14-23)31(32(38)34-27-17-19-28(20-18-27)35(2)3)36(22-26-11-7-8-12-29(26)33)30(37)21-24-9-5-4-6-10-24/h4-20,31H,21-22H2,1-3H3,(H,34,38). The first kappa shape index (κ1) is 26.6. The number of benzene rings is 4. The predicted octanol–water partition coefficient (Wildman–Crippen LogP) is 6.15. The van der Waals surface area contributed by atoms with Gasteiger partial charge in [-0.2, -0.15) is 0 Å². The molecule has 0 aromatic heterocycles. The Kier molecular flexibility index (Phi) is 8.54. The van der Waals surface area contributed by atoms with Gasteiger partial charge < -0.3 is 15.1 Å². The Bertz CT molecular complexity index is 1370. The van der Waals surface area contributed by atoms with E-state index in [1.54, 1.807) is 18.2 Å². The lowest BCUT2D eigenvalue weighted by molar-refractivity contribution is -0.139. The average molecular weight is 510 g/mol. The number of aryl methyl sites for hydroxylation is 1. The molecule has 6 heteroatoms. The number of halogens is 1. The van der Waals surface area contributed by atoms with Crippen molar-refractivity contribution in [3.63, 3.8) is 0 Å². The predicted molar refractivity (Wildman–Crippen MR) is 150 cm³/mol. The molecule has 0 aliphatic rings. The molecule has 0 saturated heterocycles. The number of hydrogen-bond donors (Lipinski definition) is 1. The lowest BCUT2D eigenvalue weighted by atomic mass is 10.00. The number of nitrogens with one attached hydrogen (secondary N) is 1. The lowest BCUT2D eigenvalue weighted by Gasteiger charge is -2.32. The fourth-order valence-corrected chi connectivity index (χ4v) is 4.28. The Balaban J connectivity index is 1.73. The van der Waals surface area contributed by atoms with E-state index in [0.29, 0.717) is 16.8 Å². The fraction of sp³-hybridized carbons (Fsp3) is 0.188. The molecule has 0 fully saturated rings. The highest BCUT2D eigenvalue weighted by molar-refractivity contribution is 5.98. The van der Waals surface area contributed by atoms with E-state index in [4.69, 9.17) is 0 Å². The Morgan fingerprint density at radius 1 is 0.816 bits per heavy atom. The third-order valence-corrected chi connectivity index (χ3v) is 6.42. The summed E-state index contributed by atoms with van der Waals surface area (Å²) in [6.45, 7) is 1.91. The van der Waals surface area contributed by atoms with Crippen LogP contribution in [0.1, 0.15) is 28.3 Å². The van der Waals surface area contributed by atoms with Gasteiger partial charge in [-0.3, -0.25) is 9.59 Å². The first-order chi connectivity index (χ1) is 18.3. The fourth-order valence-electron chi connectivity index (χ4n) is 4.28. The SMILES string of the molecule is Cc1ccc(C(C(=O)Nc2ccc(N(C)C)cc2)N(Cc2ccccc2F)C(=O)Cc2ccccc2)cc1. The van der Waals surface area contributed by atoms with Crippen molar-refractivity contribution in [2.24, 2.45) is 0 Å². The van der Waals surface area contributed by atoms with Crippen LogP contribution in [0.15, 0.2) is 103 Å². The van der Waals surface area contributed by atoms with Gasteiger partial charge in [-0.05, 0) is 48.4 Å². The minimum atomic E-state index is -0.972. The molecule has 1 atom stereocenters. The van der Waals surface area contributed by atoms with Crippen LogP contribution in [0.5, 0.6) is 0 Å². The maximum absolute atomic E-state index is 14.8. The molecule has 5 nitrogen and oxygen atoms in total. The summed E-state index contributed by atoms with van der Waals surface area (Å²) in [5.74, 6) is -1.07. The second kappa shape index (κ2) is 12.2. The Labute approximate surface area is 223 Å². The highest BCUT2D eigenvalue weighted by Crippen LogP contribution is 2.28. The van der Waals surface area contributed by atoms with Gasteiger partial charge in [0.1, 0.15) is 11.9 Å². The highest BCUT2D eigenvalue weighted by Gasteiger charge is 2.32. The van der Waals surface area contributed by atoms with Gasteiger partial charge in [-0.15, -0.1) is 0 Å². The van der Waals surface area contributed by atoms with Crippen molar-refractivity contribution < 1.29 is 14.0 Å². The van der Waals surface area contributed by atoms with E-state index in [2.05, 4.69) is 5.32 Å². The Morgan fingerprint density at radius 2 is 1.45 bits per heavy atom. The largest absolute Gasteiger partial charge is 0.378 e. The molecular formula is C32H32FN3O2. The van der Waals surface area contributed by atoms with Gasteiger partial charge in [0, 0.05) is 37.6 Å². The summed E-state index contributed by atoms with van der Waals surface area (Å²) in [5, 5.41) is 2.98. The van der Waals surface area contributed by atoms with Crippen molar-refractivity contribution in [1.29, 1.82) is 0 Å². The van der Waals surface area contributed by atoms with Gasteiger partial charge in [-0.1, -0.05) is 78.4 Å². The van der Waals surface area contributed by atoms with Gasteiger partial charge in [0.25, 0.3) is 5.91 Å². The first-order valence-electron chi connectivity index (χ1n) is 12.5. The topological polar surface area (TPSA) is 52.7 Å². The summed E-state index contributed by atoms with van der Waals surface area (Å²) < 4.78 is 14.8. The van der Waals surface area contributed by atoms with Gasteiger partial charge in [0.15, 0.2) is 0 Å². The van der Waals surface area contributed by atoms with E-state index >= 15 is 0 Å². The highest BCUT2D eigenvalue weighted by atomic mass is 19.1. The molecule has 1 unspecified atom stereocenters. The van der Waals surface area contributed by atoms with Crippen LogP contribution in [0, 0.1) is 12.7 Å². The summed E-state index contributed by atoms with van der Waals surface area (Å²) in [7, 11) is 3.89. The zero-order chi connectivity index (χ0) is 27.1. The van der Waals surface area contributed by atoms with Crippen LogP contribution >= 0.6 is 0 Å². The van der Waals surface area contributed by atoms with Gasteiger partial charge >= 0.3 is 0 Å². The van der Waals surface area contributed by atoms with Gasteiger partial charge in [0.05, 0.1) is 6.42 Å². The summed E-state index contributed by atoms with van der Waals surface area (Å²) in [6, 6.07) is 29.7. The van der Waals surface area contributed by atoms with Crippen LogP contribution in [-0.2, 0) is 22.6 Å². The number of carbonyl (C=O) groups excluding carboxylic acids is 2. The number of hydrogen-bond acceptors (Lipinski definition) is 3. The van der Waals surface area contributed by atoms with Crippen molar-refractivity contribution in [3.8, 4) is 0 Å². The summed E-state index contributed by atoms with van der Waals surface area (Å²) in [6.07, 6.45) is 0.0858. The summed E-state index contributed by atoms with van der Waals surface area (Å²) in [5.41, 5.74) is 4.45. The van der Waals surface area contributed by atoms with Crippen LogP contribution < -0.4 is 10.2 Å². The second-order valence-electron chi connectivity index (χ2n) is 9.52. The van der Waals surface area contributed by atoms with Crippen molar-refractivity contribution >= 4 is 23.2 Å². The van der Waals surface area contributed by atoms with Crippen molar-refractivity contribution in [3.05, 3.63) is 131 Å². The molecule has 1 N–H and O–H groups in total. The maximum Gasteiger partial charge on any atom is 0.251 e. The Morgan fingerprint density at radius 3 is 2.08 bits per heavy atom. The van der Waals surface area contributed by atoms with Crippen LogP contribution in [0.4, 0.5) is 15.8 Å². The average Bonchev–Trinajstić information content (AvgIpc) is 2.91. The minimum Gasteiger partial charge on any atom is -0.378 e. The first-order valence-corrected chi connectivity index (χ1v) is 12.5. The maximum atomic E-state index is 14.8. The molecule has 0 aliphatic carbocycles. The van der Waals surface area contributed by atoms with Crippen LogP contribution in [0.25, 0.3) is 0 Å². The summed E-state index contributed by atoms with van der Waals surface area (Å²) >= 11 is 0. The molecule has 0 spiro atoms. The molecule has 0 aliphatic heterocycles. The minimum absolute atomic E-state index is 0.0517. The van der Waals surface area contributed by atoms with Gasteiger partial charge in [0.2, 0.25) is 5.91 Å². The molecule has 4 aromatic rings. The van der Waals surface area contributed by atoms with E-state index in [1.165, 1.54) is 11.0 Å². The molecule has 194 valence electrons. The molecule has 4 rings (SSSR count). The smallest absolute Gasteiger partial charge is 0.251 e. The zero-order valence-corrected chi connectivity index (χ0v) is 21.9. The van der Waals surface area contributed by atoms with E-state index < -0.39 is 11.9 Å². The number of carbonyl (C=O) groups is 2. The van der Waals surface area contributed by atoms with Crippen LogP contribution in [0.3, 0.4) is 0 Å². The van der Waals surface area contributed by atoms with E-state index in [1.807, 2.05) is 105 Å². The molecule has 0 saturated carbocycles. The van der Waals surface area contributed by atoms with E-state index in [0.717, 1.165) is 16.8 Å². The zero-order valence-electron chi connectivity index (χ0n) is 21.9. The molecule has 38 heavy (non-hydrogen) atoms. The normalized spacial score (nSPS) is 11.5. The number of amides is 2. The van der Waals surface area contributed by atoms with Crippen molar-refractivity contribution in [2.75, 3.05) is 24.3 Å². The monoisotopic (exact) mass is 509 g/mol. The van der Waals surface area contributed by atoms with E-state index in [-0.39, 0.29) is 24.8 Å². The quantitative estimate of drug-likeness (QED) is 0.294. The lowest BCUT2D eigenvalue weighted by Crippen LogP contribution is -2.41. The van der Waals surface area contributed by atoms with Gasteiger partial charge in [-0.25, -0.2) is 4.39 Å². The molecule has 0 bridgehead atoms. The molecule has 4 aromatic carbocycles. The Hall–Kier alpha value is -4.45. The van der Waals surface area contributed by atoms with E-state index in [9.17, 15) is 14.0 Å². The number of anilines is 2. The third-order valence-electron chi connectivity index (χ3n) is 6.42. The van der Waals surface area contributed by atoms with Crippen LogP contribution in [0.2, 0.25) is 0 Å². The molecular weight excluding hydrogens is 477 g/mol. The molecule has 0 heterocycles. The second-order valence-corrected chi connectivity index (χ2v) is 9.52. The summed E-state index contributed by atoms with van der Waals surface area (Å²) in [4.78, 5) is 31.1. The molecule has 0 radical (unpaired) electrons. The van der Waals surface area contributed by atoms with Crippen LogP contribution in [-0.4, -0.2) is 30.8 Å². The molecule has 2 amide bonds. The third kappa shape index (κ3) is 6.65. The number of rotatable bonds is 9. The van der Waals surface area contributed by atoms with Crippen molar-refractivity contribution in [1.82, 2.24) is 4.90 Å².